The van der Waals surface area contributed by atoms with E-state index in [0.29, 0.717) is 5.82 Å². The van der Waals surface area contributed by atoms with E-state index in [1.165, 1.54) is 11.4 Å². The molecule has 1 aromatic heterocycles. The maximum absolute atomic E-state index is 11.7. The predicted molar refractivity (Wildman–Crippen MR) is 56.6 cm³/mol. The Morgan fingerprint density at radius 3 is 2.47 bits per heavy atom. The first kappa shape index (κ1) is 11.9. The van der Waals surface area contributed by atoms with Gasteiger partial charge in [0, 0.05) is 13.1 Å². The van der Waals surface area contributed by atoms with Crippen LogP contribution in [0.25, 0.3) is 0 Å². The van der Waals surface area contributed by atoms with Crippen molar-refractivity contribution in [3.05, 3.63) is 5.82 Å². The Morgan fingerprint density at radius 2 is 2.07 bits per heavy atom. The largest absolute Gasteiger partial charge is 0.304 e. The minimum atomic E-state index is -3.56. The first-order chi connectivity index (χ1) is 6.83. The van der Waals surface area contributed by atoms with Crippen LogP contribution in [0.2, 0.25) is 0 Å². The van der Waals surface area contributed by atoms with Crippen molar-refractivity contribution in [1.29, 1.82) is 0 Å². The molecule has 0 saturated carbocycles. The maximum atomic E-state index is 11.7. The zero-order valence-corrected chi connectivity index (χ0v) is 9.96. The van der Waals surface area contributed by atoms with Crippen molar-refractivity contribution in [3.8, 4) is 0 Å². The summed E-state index contributed by atoms with van der Waals surface area (Å²) in [6, 6.07) is -0.123. The summed E-state index contributed by atoms with van der Waals surface area (Å²) in [5, 5.41) is 6.24. The molecule has 2 N–H and O–H groups in total. The topological polar surface area (TPSA) is 91.0 Å². The van der Waals surface area contributed by atoms with E-state index in [2.05, 4.69) is 19.9 Å². The number of anilines is 1. The normalized spacial score (nSPS) is 12.4. The van der Waals surface area contributed by atoms with Crippen LogP contribution in [-0.4, -0.2) is 41.0 Å². The van der Waals surface area contributed by atoms with E-state index in [1.807, 2.05) is 0 Å². The molecule has 0 saturated heterocycles. The van der Waals surface area contributed by atoms with Crippen molar-refractivity contribution in [2.75, 3.05) is 11.8 Å². The van der Waals surface area contributed by atoms with Crippen LogP contribution >= 0.6 is 0 Å². The summed E-state index contributed by atoms with van der Waals surface area (Å²) in [6.07, 6.45) is 0. The van der Waals surface area contributed by atoms with Crippen LogP contribution in [0.3, 0.4) is 0 Å². The number of aromatic nitrogens is 3. The van der Waals surface area contributed by atoms with Crippen LogP contribution in [0.5, 0.6) is 0 Å². The minimum absolute atomic E-state index is 0.0556. The Hall–Kier alpha value is -1.15. The smallest absolute Gasteiger partial charge is 0.261 e. The fourth-order valence-electron chi connectivity index (χ4n) is 0.853. The molecule has 0 fully saturated rings. The molecule has 1 aromatic rings. The first-order valence-electron chi connectivity index (χ1n) is 4.47. The highest BCUT2D eigenvalue weighted by molar-refractivity contribution is 7.90. The van der Waals surface area contributed by atoms with Gasteiger partial charge in [0.2, 0.25) is 0 Å². The lowest BCUT2D eigenvalue weighted by Crippen LogP contribution is -2.37. The van der Waals surface area contributed by atoms with Gasteiger partial charge in [0.05, 0.1) is 0 Å². The highest BCUT2D eigenvalue weighted by Gasteiger charge is 2.21. The van der Waals surface area contributed by atoms with Crippen molar-refractivity contribution < 1.29 is 8.42 Å². The number of hydrogen-bond donors (Lipinski definition) is 2. The number of hydrogen-bond acceptors (Lipinski definition) is 4. The molecule has 0 radical (unpaired) electrons. The standard InChI is InChI=1S/C7H15N5O2S/c1-5(2)12(4)15(13,14)11-7-8-6(3)9-10-7/h5H,1-4H3,(H2,8,9,10,11). The Morgan fingerprint density at radius 1 is 1.47 bits per heavy atom. The van der Waals surface area contributed by atoms with Gasteiger partial charge in [0.1, 0.15) is 5.82 Å². The zero-order chi connectivity index (χ0) is 11.6. The number of nitrogens with zero attached hydrogens (tertiary/aromatic N) is 3. The molecule has 0 aliphatic rings. The van der Waals surface area contributed by atoms with E-state index in [1.54, 1.807) is 20.8 Å². The number of nitrogens with one attached hydrogen (secondary N) is 2. The summed E-state index contributed by atoms with van der Waals surface area (Å²) >= 11 is 0. The van der Waals surface area contributed by atoms with Gasteiger partial charge in [-0.3, -0.25) is 5.10 Å². The van der Waals surface area contributed by atoms with Gasteiger partial charge >= 0.3 is 10.2 Å². The SMILES string of the molecule is Cc1nc(NS(=O)(=O)N(C)C(C)C)n[nH]1. The second kappa shape index (κ2) is 4.15. The summed E-state index contributed by atoms with van der Waals surface area (Å²) in [7, 11) is -2.07. The van der Waals surface area contributed by atoms with E-state index >= 15 is 0 Å². The van der Waals surface area contributed by atoms with E-state index in [9.17, 15) is 8.42 Å². The second-order valence-electron chi connectivity index (χ2n) is 3.46. The lowest BCUT2D eigenvalue weighted by atomic mass is 10.4. The van der Waals surface area contributed by atoms with Crippen molar-refractivity contribution in [3.63, 3.8) is 0 Å². The van der Waals surface area contributed by atoms with Crippen LogP contribution in [-0.2, 0) is 10.2 Å². The summed E-state index contributed by atoms with van der Waals surface area (Å²) in [6.45, 7) is 5.25. The van der Waals surface area contributed by atoms with Gasteiger partial charge in [-0.15, -0.1) is 5.10 Å². The van der Waals surface area contributed by atoms with Gasteiger partial charge in [0.25, 0.3) is 5.95 Å². The lowest BCUT2D eigenvalue weighted by Gasteiger charge is -2.20. The Kier molecular flexibility index (Phi) is 3.30. The van der Waals surface area contributed by atoms with Gasteiger partial charge in [-0.1, -0.05) is 0 Å². The van der Waals surface area contributed by atoms with Crippen molar-refractivity contribution in [1.82, 2.24) is 19.5 Å². The fourth-order valence-corrected chi connectivity index (χ4v) is 1.87. The molecule has 0 bridgehead atoms. The summed E-state index contributed by atoms with van der Waals surface area (Å²) in [5.74, 6) is 0.611. The molecule has 0 aliphatic heterocycles. The summed E-state index contributed by atoms with van der Waals surface area (Å²) in [4.78, 5) is 3.85. The molecule has 86 valence electrons. The van der Waals surface area contributed by atoms with Crippen LogP contribution in [0.15, 0.2) is 0 Å². The van der Waals surface area contributed by atoms with E-state index in [-0.39, 0.29) is 12.0 Å². The van der Waals surface area contributed by atoms with Gasteiger partial charge in [-0.25, -0.2) is 4.72 Å². The monoisotopic (exact) mass is 233 g/mol. The Labute approximate surface area is 89.1 Å². The van der Waals surface area contributed by atoms with E-state index < -0.39 is 10.2 Å². The van der Waals surface area contributed by atoms with Gasteiger partial charge in [0.15, 0.2) is 0 Å². The van der Waals surface area contributed by atoms with Gasteiger partial charge in [-0.2, -0.15) is 17.7 Å². The zero-order valence-electron chi connectivity index (χ0n) is 9.14. The van der Waals surface area contributed by atoms with Crippen molar-refractivity contribution in [2.24, 2.45) is 0 Å². The molecule has 0 atom stereocenters. The van der Waals surface area contributed by atoms with Gasteiger partial charge in [-0.05, 0) is 20.8 Å². The molecular formula is C7H15N5O2S. The molecule has 0 aliphatic carbocycles. The summed E-state index contributed by atoms with van der Waals surface area (Å²) < 4.78 is 26.8. The van der Waals surface area contributed by atoms with E-state index in [0.717, 1.165) is 0 Å². The van der Waals surface area contributed by atoms with Crippen LogP contribution in [0.1, 0.15) is 19.7 Å². The quantitative estimate of drug-likeness (QED) is 0.772. The maximum Gasteiger partial charge on any atom is 0.304 e. The molecule has 15 heavy (non-hydrogen) atoms. The number of H-pyrrole nitrogens is 1. The van der Waals surface area contributed by atoms with Crippen molar-refractivity contribution in [2.45, 2.75) is 26.8 Å². The molecule has 1 heterocycles. The van der Waals surface area contributed by atoms with E-state index in [4.69, 9.17) is 0 Å². The first-order valence-corrected chi connectivity index (χ1v) is 5.91. The molecular weight excluding hydrogens is 218 g/mol. The fraction of sp³-hybridized carbons (Fsp3) is 0.714. The highest BCUT2D eigenvalue weighted by Crippen LogP contribution is 2.07. The van der Waals surface area contributed by atoms with Crippen LogP contribution in [0.4, 0.5) is 5.95 Å². The molecule has 8 heteroatoms. The molecule has 0 amide bonds. The number of rotatable bonds is 4. The third kappa shape index (κ3) is 2.90. The molecule has 7 nitrogen and oxygen atoms in total. The average Bonchev–Trinajstić information content (AvgIpc) is 2.48. The van der Waals surface area contributed by atoms with Crippen molar-refractivity contribution >= 4 is 16.2 Å². The van der Waals surface area contributed by atoms with Crippen LogP contribution < -0.4 is 4.72 Å². The predicted octanol–water partition coefficient (Wildman–Crippen LogP) is 0.110. The van der Waals surface area contributed by atoms with Crippen LogP contribution in [0, 0.1) is 6.92 Å². The van der Waals surface area contributed by atoms with Gasteiger partial charge < -0.3 is 0 Å². The minimum Gasteiger partial charge on any atom is -0.261 e. The lowest BCUT2D eigenvalue weighted by molar-refractivity contribution is 0.414. The highest BCUT2D eigenvalue weighted by atomic mass is 32.2. The number of aromatic amines is 1. The Balaban J connectivity index is 2.81. The summed E-state index contributed by atoms with van der Waals surface area (Å²) in [5.41, 5.74) is 0. The second-order valence-corrected chi connectivity index (χ2v) is 5.19. The molecule has 0 aromatic carbocycles. The molecule has 0 unspecified atom stereocenters. The molecule has 0 spiro atoms. The third-order valence-corrected chi connectivity index (χ3v) is 3.54. The Bertz CT molecular complexity index is 424. The average molecular weight is 233 g/mol. The number of aryl methyl sites for hydroxylation is 1. The third-order valence-electron chi connectivity index (χ3n) is 1.92. The molecule has 1 rings (SSSR count).